The molecule has 0 bridgehead atoms. The Labute approximate surface area is 152 Å². The summed E-state index contributed by atoms with van der Waals surface area (Å²) in [6.07, 6.45) is 4.43. The fraction of sp³-hybridized carbons (Fsp3) is 0.333. The van der Waals surface area contributed by atoms with Crippen LogP contribution in [0.1, 0.15) is 53.2 Å². The highest BCUT2D eigenvalue weighted by atomic mass is 16.2. The summed E-state index contributed by atoms with van der Waals surface area (Å²) in [5.41, 5.74) is 4.35. The van der Waals surface area contributed by atoms with Gasteiger partial charge in [0.05, 0.1) is 11.0 Å². The van der Waals surface area contributed by atoms with E-state index in [4.69, 9.17) is 0 Å². The molecule has 1 amide bonds. The lowest BCUT2D eigenvalue weighted by Gasteiger charge is -2.11. The van der Waals surface area contributed by atoms with E-state index >= 15 is 0 Å². The zero-order chi connectivity index (χ0) is 18.1. The van der Waals surface area contributed by atoms with Gasteiger partial charge in [-0.3, -0.25) is 9.36 Å². The summed E-state index contributed by atoms with van der Waals surface area (Å²) in [5, 5.41) is 2.96. The van der Waals surface area contributed by atoms with Crippen molar-refractivity contribution in [3.05, 3.63) is 69.6 Å². The molecule has 2 N–H and O–H groups in total. The van der Waals surface area contributed by atoms with Gasteiger partial charge in [-0.15, -0.1) is 0 Å². The van der Waals surface area contributed by atoms with E-state index in [-0.39, 0.29) is 17.6 Å². The molecule has 26 heavy (non-hydrogen) atoms. The van der Waals surface area contributed by atoms with Crippen molar-refractivity contribution in [2.45, 2.75) is 45.2 Å². The van der Waals surface area contributed by atoms with Gasteiger partial charge in [-0.05, 0) is 49.1 Å². The van der Waals surface area contributed by atoms with E-state index in [1.165, 1.54) is 12.8 Å². The molecule has 4 rings (SSSR count). The first kappa shape index (κ1) is 16.6. The zero-order valence-electron chi connectivity index (χ0n) is 14.9. The molecule has 1 aliphatic rings. The molecule has 0 saturated heterocycles. The molecular weight excluding hydrogens is 326 g/mol. The van der Waals surface area contributed by atoms with Gasteiger partial charge in [0.25, 0.3) is 5.91 Å². The Morgan fingerprint density at radius 2 is 1.96 bits per heavy atom. The summed E-state index contributed by atoms with van der Waals surface area (Å²) in [4.78, 5) is 27.8. The highest BCUT2D eigenvalue weighted by Gasteiger charge is 2.21. The first-order valence-electron chi connectivity index (χ1n) is 9.20. The fourth-order valence-electron chi connectivity index (χ4n) is 3.88. The van der Waals surface area contributed by atoms with Crippen LogP contribution in [0.3, 0.4) is 0 Å². The van der Waals surface area contributed by atoms with Gasteiger partial charge in [0.2, 0.25) is 0 Å². The van der Waals surface area contributed by atoms with Gasteiger partial charge in [0.15, 0.2) is 0 Å². The number of carbonyl (C=O) groups is 1. The molecule has 1 fully saturated rings. The van der Waals surface area contributed by atoms with Crippen molar-refractivity contribution in [3.8, 4) is 0 Å². The molecule has 1 aromatic heterocycles. The van der Waals surface area contributed by atoms with Gasteiger partial charge in [0.1, 0.15) is 0 Å². The molecule has 5 nitrogen and oxygen atoms in total. The molecule has 1 saturated carbocycles. The van der Waals surface area contributed by atoms with Crippen LogP contribution in [0, 0.1) is 6.92 Å². The van der Waals surface area contributed by atoms with Crippen LogP contribution in [0.15, 0.2) is 47.3 Å². The Hall–Kier alpha value is -2.82. The minimum Gasteiger partial charge on any atom is -0.348 e. The number of carbonyl (C=O) groups excluding carboxylic acids is 1. The maximum atomic E-state index is 12.5. The second kappa shape index (κ2) is 6.83. The maximum absolute atomic E-state index is 12.5. The Bertz CT molecular complexity index is 1010. The number of benzene rings is 2. The van der Waals surface area contributed by atoms with E-state index in [0.717, 1.165) is 35.0 Å². The number of hydrogen-bond acceptors (Lipinski definition) is 2. The van der Waals surface area contributed by atoms with Crippen molar-refractivity contribution in [3.63, 3.8) is 0 Å². The largest absolute Gasteiger partial charge is 0.348 e. The predicted molar refractivity (Wildman–Crippen MR) is 102 cm³/mol. The smallest absolute Gasteiger partial charge is 0.326 e. The summed E-state index contributed by atoms with van der Waals surface area (Å²) in [6.45, 7) is 2.52. The third kappa shape index (κ3) is 3.05. The van der Waals surface area contributed by atoms with Crippen molar-refractivity contribution in [2.75, 3.05) is 0 Å². The van der Waals surface area contributed by atoms with E-state index in [1.54, 1.807) is 12.1 Å². The normalized spacial score (nSPS) is 14.8. The monoisotopic (exact) mass is 349 g/mol. The molecule has 0 aliphatic heterocycles. The van der Waals surface area contributed by atoms with Gasteiger partial charge >= 0.3 is 5.69 Å². The number of imidazole rings is 1. The molecule has 0 radical (unpaired) electrons. The third-order valence-electron chi connectivity index (χ3n) is 5.37. The van der Waals surface area contributed by atoms with Gasteiger partial charge < -0.3 is 10.3 Å². The first-order valence-corrected chi connectivity index (χ1v) is 9.20. The van der Waals surface area contributed by atoms with E-state index in [9.17, 15) is 9.59 Å². The molecule has 5 heteroatoms. The second-order valence-electron chi connectivity index (χ2n) is 7.08. The lowest BCUT2D eigenvalue weighted by Crippen LogP contribution is -2.23. The Morgan fingerprint density at radius 3 is 2.73 bits per heavy atom. The van der Waals surface area contributed by atoms with Crippen LogP contribution in [0.5, 0.6) is 0 Å². The van der Waals surface area contributed by atoms with Crippen LogP contribution in [-0.2, 0) is 6.54 Å². The van der Waals surface area contributed by atoms with Crippen LogP contribution in [0.25, 0.3) is 11.0 Å². The standard InChI is InChI=1S/C21H23N3O2/c1-14-6-2-3-7-16(14)13-22-20(25)15-10-11-19-18(12-15)23-21(26)24(19)17-8-4-5-9-17/h2-3,6-7,10-12,17H,4-5,8-9,13H2,1H3,(H,22,25)(H,23,26). The molecule has 0 spiro atoms. The summed E-state index contributed by atoms with van der Waals surface area (Å²) in [6, 6.07) is 13.7. The summed E-state index contributed by atoms with van der Waals surface area (Å²) >= 11 is 0. The van der Waals surface area contributed by atoms with Crippen molar-refractivity contribution in [1.82, 2.24) is 14.9 Å². The average molecular weight is 349 g/mol. The molecule has 2 aromatic carbocycles. The molecule has 134 valence electrons. The Kier molecular flexibility index (Phi) is 4.37. The summed E-state index contributed by atoms with van der Waals surface area (Å²) in [7, 11) is 0. The summed E-state index contributed by atoms with van der Waals surface area (Å²) < 4.78 is 1.86. The number of fused-ring (bicyclic) bond motifs is 1. The van der Waals surface area contributed by atoms with Crippen LogP contribution < -0.4 is 11.0 Å². The first-order chi connectivity index (χ1) is 12.6. The molecule has 0 unspecified atom stereocenters. The number of hydrogen-bond donors (Lipinski definition) is 2. The van der Waals surface area contributed by atoms with Crippen molar-refractivity contribution in [1.29, 1.82) is 0 Å². The molecule has 1 aliphatic carbocycles. The molecule has 0 atom stereocenters. The minimum atomic E-state index is -0.135. The topological polar surface area (TPSA) is 66.9 Å². The lowest BCUT2D eigenvalue weighted by atomic mass is 10.1. The van der Waals surface area contributed by atoms with Gasteiger partial charge in [-0.25, -0.2) is 4.79 Å². The Balaban J connectivity index is 1.56. The average Bonchev–Trinajstić information content (AvgIpc) is 3.26. The number of aryl methyl sites for hydroxylation is 1. The van der Waals surface area contributed by atoms with Crippen LogP contribution in [0.2, 0.25) is 0 Å². The van der Waals surface area contributed by atoms with E-state index in [0.29, 0.717) is 12.1 Å². The number of nitrogens with zero attached hydrogens (tertiary/aromatic N) is 1. The minimum absolute atomic E-state index is 0.0793. The van der Waals surface area contributed by atoms with Gasteiger partial charge in [0, 0.05) is 18.2 Å². The highest BCUT2D eigenvalue weighted by molar-refractivity contribution is 5.97. The van der Waals surface area contributed by atoms with E-state index < -0.39 is 0 Å². The van der Waals surface area contributed by atoms with Crippen molar-refractivity contribution in [2.24, 2.45) is 0 Å². The SMILES string of the molecule is Cc1ccccc1CNC(=O)c1ccc2c(c1)[nH]c(=O)n2C1CCCC1. The van der Waals surface area contributed by atoms with Gasteiger partial charge in [-0.2, -0.15) is 0 Å². The lowest BCUT2D eigenvalue weighted by molar-refractivity contribution is 0.0951. The van der Waals surface area contributed by atoms with Crippen molar-refractivity contribution >= 4 is 16.9 Å². The number of aromatic amines is 1. The van der Waals surface area contributed by atoms with Crippen LogP contribution >= 0.6 is 0 Å². The van der Waals surface area contributed by atoms with Crippen LogP contribution in [0.4, 0.5) is 0 Å². The van der Waals surface area contributed by atoms with Gasteiger partial charge in [-0.1, -0.05) is 37.1 Å². The fourth-order valence-corrected chi connectivity index (χ4v) is 3.88. The van der Waals surface area contributed by atoms with E-state index in [1.807, 2.05) is 41.8 Å². The predicted octanol–water partition coefficient (Wildman–Crippen LogP) is 3.68. The second-order valence-corrected chi connectivity index (χ2v) is 7.08. The number of H-pyrrole nitrogens is 1. The zero-order valence-corrected chi connectivity index (χ0v) is 14.9. The number of rotatable bonds is 4. The number of aromatic nitrogens is 2. The Morgan fingerprint density at radius 1 is 1.19 bits per heavy atom. The summed E-state index contributed by atoms with van der Waals surface area (Å²) in [5.74, 6) is -0.135. The number of nitrogens with one attached hydrogen (secondary N) is 2. The van der Waals surface area contributed by atoms with Crippen LogP contribution in [-0.4, -0.2) is 15.5 Å². The maximum Gasteiger partial charge on any atom is 0.326 e. The highest BCUT2D eigenvalue weighted by Crippen LogP contribution is 2.30. The van der Waals surface area contributed by atoms with Crippen molar-refractivity contribution < 1.29 is 4.79 Å². The molecular formula is C21H23N3O2. The third-order valence-corrected chi connectivity index (χ3v) is 5.37. The molecule has 1 heterocycles. The number of amides is 1. The van der Waals surface area contributed by atoms with E-state index in [2.05, 4.69) is 10.3 Å². The molecule has 3 aromatic rings. The quantitative estimate of drug-likeness (QED) is 0.754.